The predicted molar refractivity (Wildman–Crippen MR) is 76.7 cm³/mol. The molecule has 1 atom stereocenters. The minimum Gasteiger partial charge on any atom is -0.376 e. The SMILES string of the molecule is O=C(NC[C@@H]1CCCO1)c1cnc(-c2cccs2)nc1. The minimum atomic E-state index is -0.154. The molecule has 3 rings (SSSR count). The fourth-order valence-electron chi connectivity index (χ4n) is 2.09. The first-order valence-corrected chi connectivity index (χ1v) is 7.46. The van der Waals surface area contributed by atoms with Gasteiger partial charge in [0, 0.05) is 25.5 Å². The van der Waals surface area contributed by atoms with E-state index < -0.39 is 0 Å². The van der Waals surface area contributed by atoms with E-state index >= 15 is 0 Å². The molecule has 1 aliphatic heterocycles. The lowest BCUT2D eigenvalue weighted by molar-refractivity contribution is 0.0857. The average Bonchev–Trinajstić information content (AvgIpc) is 3.18. The number of carbonyl (C=O) groups excluding carboxylic acids is 1. The van der Waals surface area contributed by atoms with Crippen molar-refractivity contribution in [3.05, 3.63) is 35.5 Å². The molecule has 0 spiro atoms. The number of ether oxygens (including phenoxy) is 1. The largest absolute Gasteiger partial charge is 0.376 e. The van der Waals surface area contributed by atoms with Crippen LogP contribution < -0.4 is 5.32 Å². The Morgan fingerprint density at radius 3 is 2.95 bits per heavy atom. The average molecular weight is 289 g/mol. The van der Waals surface area contributed by atoms with E-state index in [4.69, 9.17) is 4.74 Å². The van der Waals surface area contributed by atoms with E-state index in [0.29, 0.717) is 17.9 Å². The summed E-state index contributed by atoms with van der Waals surface area (Å²) in [7, 11) is 0. The van der Waals surface area contributed by atoms with Crippen molar-refractivity contribution in [1.82, 2.24) is 15.3 Å². The summed E-state index contributed by atoms with van der Waals surface area (Å²) in [6, 6.07) is 3.91. The Balaban J connectivity index is 1.60. The third-order valence-corrected chi connectivity index (χ3v) is 4.04. The van der Waals surface area contributed by atoms with E-state index in [1.165, 1.54) is 0 Å². The van der Waals surface area contributed by atoms with Crippen molar-refractivity contribution in [2.75, 3.05) is 13.2 Å². The van der Waals surface area contributed by atoms with Gasteiger partial charge in [0.15, 0.2) is 5.82 Å². The molecular formula is C14H15N3O2S. The van der Waals surface area contributed by atoms with Gasteiger partial charge in [-0.05, 0) is 24.3 Å². The van der Waals surface area contributed by atoms with Crippen molar-refractivity contribution in [3.63, 3.8) is 0 Å². The van der Waals surface area contributed by atoms with E-state index in [9.17, 15) is 4.79 Å². The summed E-state index contributed by atoms with van der Waals surface area (Å²) in [5.74, 6) is 0.494. The van der Waals surface area contributed by atoms with Crippen LogP contribution in [0.4, 0.5) is 0 Å². The number of hydrogen-bond acceptors (Lipinski definition) is 5. The molecule has 0 saturated carbocycles. The summed E-state index contributed by atoms with van der Waals surface area (Å²) >= 11 is 1.58. The van der Waals surface area contributed by atoms with Gasteiger partial charge in [-0.3, -0.25) is 4.79 Å². The molecule has 1 saturated heterocycles. The summed E-state index contributed by atoms with van der Waals surface area (Å²) in [6.45, 7) is 1.34. The first-order valence-electron chi connectivity index (χ1n) is 6.58. The van der Waals surface area contributed by atoms with Crippen molar-refractivity contribution in [3.8, 4) is 10.7 Å². The lowest BCUT2D eigenvalue weighted by Crippen LogP contribution is -2.31. The molecule has 1 N–H and O–H groups in total. The monoisotopic (exact) mass is 289 g/mol. The Labute approximate surface area is 121 Å². The lowest BCUT2D eigenvalue weighted by Gasteiger charge is -2.10. The molecule has 20 heavy (non-hydrogen) atoms. The van der Waals surface area contributed by atoms with Gasteiger partial charge in [-0.1, -0.05) is 6.07 Å². The Bertz CT molecular complexity index is 563. The highest BCUT2D eigenvalue weighted by atomic mass is 32.1. The van der Waals surface area contributed by atoms with Crippen LogP contribution in [-0.4, -0.2) is 35.1 Å². The van der Waals surface area contributed by atoms with Gasteiger partial charge in [0.05, 0.1) is 16.5 Å². The Kier molecular flexibility index (Phi) is 4.03. The molecule has 0 unspecified atom stereocenters. The van der Waals surface area contributed by atoms with Crippen molar-refractivity contribution in [2.24, 2.45) is 0 Å². The van der Waals surface area contributed by atoms with Crippen LogP contribution in [0.5, 0.6) is 0 Å². The van der Waals surface area contributed by atoms with Crippen LogP contribution in [0.1, 0.15) is 23.2 Å². The maximum atomic E-state index is 12.0. The number of amides is 1. The zero-order valence-corrected chi connectivity index (χ0v) is 11.7. The molecule has 5 nitrogen and oxygen atoms in total. The first kappa shape index (κ1) is 13.2. The molecule has 3 heterocycles. The quantitative estimate of drug-likeness (QED) is 0.936. The molecule has 1 amide bonds. The van der Waals surface area contributed by atoms with E-state index in [0.717, 1.165) is 24.3 Å². The fourth-order valence-corrected chi connectivity index (χ4v) is 2.76. The smallest absolute Gasteiger partial charge is 0.254 e. The maximum Gasteiger partial charge on any atom is 0.254 e. The van der Waals surface area contributed by atoms with Gasteiger partial charge >= 0.3 is 0 Å². The van der Waals surface area contributed by atoms with Gasteiger partial charge in [-0.15, -0.1) is 11.3 Å². The number of aromatic nitrogens is 2. The van der Waals surface area contributed by atoms with Crippen molar-refractivity contribution < 1.29 is 9.53 Å². The van der Waals surface area contributed by atoms with Crippen LogP contribution in [0, 0.1) is 0 Å². The van der Waals surface area contributed by atoms with Gasteiger partial charge in [0.2, 0.25) is 0 Å². The summed E-state index contributed by atoms with van der Waals surface area (Å²) in [6.07, 6.45) is 5.35. The second-order valence-electron chi connectivity index (χ2n) is 4.62. The topological polar surface area (TPSA) is 64.1 Å². The summed E-state index contributed by atoms with van der Waals surface area (Å²) in [5.41, 5.74) is 0.475. The van der Waals surface area contributed by atoms with Crippen LogP contribution in [0.15, 0.2) is 29.9 Å². The van der Waals surface area contributed by atoms with Gasteiger partial charge in [-0.25, -0.2) is 9.97 Å². The summed E-state index contributed by atoms with van der Waals surface area (Å²) in [4.78, 5) is 21.4. The van der Waals surface area contributed by atoms with Gasteiger partial charge in [0.25, 0.3) is 5.91 Å². The molecule has 1 aliphatic rings. The third kappa shape index (κ3) is 3.02. The maximum absolute atomic E-state index is 12.0. The van der Waals surface area contributed by atoms with Gasteiger partial charge in [0.1, 0.15) is 0 Å². The predicted octanol–water partition coefficient (Wildman–Crippen LogP) is 2.11. The number of thiophene rings is 1. The second-order valence-corrected chi connectivity index (χ2v) is 5.57. The zero-order valence-electron chi connectivity index (χ0n) is 10.9. The number of rotatable bonds is 4. The second kappa shape index (κ2) is 6.11. The van der Waals surface area contributed by atoms with Gasteiger partial charge in [-0.2, -0.15) is 0 Å². The van der Waals surface area contributed by atoms with E-state index in [1.807, 2.05) is 17.5 Å². The Morgan fingerprint density at radius 1 is 1.45 bits per heavy atom. The van der Waals surface area contributed by atoms with Crippen molar-refractivity contribution in [1.29, 1.82) is 0 Å². The fraction of sp³-hybridized carbons (Fsp3) is 0.357. The third-order valence-electron chi connectivity index (χ3n) is 3.17. The van der Waals surface area contributed by atoms with Crippen molar-refractivity contribution in [2.45, 2.75) is 18.9 Å². The minimum absolute atomic E-state index is 0.144. The lowest BCUT2D eigenvalue weighted by atomic mass is 10.2. The summed E-state index contributed by atoms with van der Waals surface area (Å²) < 4.78 is 5.46. The normalized spacial score (nSPS) is 18.1. The molecular weight excluding hydrogens is 274 g/mol. The van der Waals surface area contributed by atoms with Crippen LogP contribution in [0.25, 0.3) is 10.7 Å². The molecule has 2 aromatic rings. The van der Waals surface area contributed by atoms with Crippen LogP contribution in [0.2, 0.25) is 0 Å². The first-order chi connectivity index (χ1) is 9.83. The van der Waals surface area contributed by atoms with Crippen LogP contribution >= 0.6 is 11.3 Å². The highest BCUT2D eigenvalue weighted by Gasteiger charge is 2.17. The number of nitrogens with one attached hydrogen (secondary N) is 1. The molecule has 104 valence electrons. The molecule has 0 bridgehead atoms. The highest BCUT2D eigenvalue weighted by Crippen LogP contribution is 2.20. The molecule has 1 fully saturated rings. The Morgan fingerprint density at radius 2 is 2.30 bits per heavy atom. The Hall–Kier alpha value is -1.79. The molecule has 0 aliphatic carbocycles. The van der Waals surface area contributed by atoms with E-state index in [1.54, 1.807) is 23.7 Å². The van der Waals surface area contributed by atoms with E-state index in [-0.39, 0.29) is 12.0 Å². The zero-order chi connectivity index (χ0) is 13.8. The number of carbonyl (C=O) groups is 1. The molecule has 0 aromatic carbocycles. The molecule has 2 aromatic heterocycles. The number of hydrogen-bond donors (Lipinski definition) is 1. The van der Waals surface area contributed by atoms with Crippen molar-refractivity contribution >= 4 is 17.2 Å². The van der Waals surface area contributed by atoms with E-state index in [2.05, 4.69) is 15.3 Å². The number of nitrogens with zero attached hydrogens (tertiary/aromatic N) is 2. The van der Waals surface area contributed by atoms with Gasteiger partial charge < -0.3 is 10.1 Å². The summed E-state index contributed by atoms with van der Waals surface area (Å²) in [5, 5.41) is 4.83. The van der Waals surface area contributed by atoms with Crippen LogP contribution in [0.3, 0.4) is 0 Å². The highest BCUT2D eigenvalue weighted by molar-refractivity contribution is 7.13. The standard InChI is InChI=1S/C14H15N3O2S/c18-14(17-9-11-3-1-5-19-11)10-7-15-13(16-8-10)12-4-2-6-20-12/h2,4,6-8,11H,1,3,5,9H2,(H,17,18)/t11-/m0/s1. The molecule has 0 radical (unpaired) electrons. The molecule has 6 heteroatoms. The van der Waals surface area contributed by atoms with Crippen LogP contribution in [-0.2, 0) is 4.74 Å².